The number of rotatable bonds is 5. The van der Waals surface area contributed by atoms with Crippen LogP contribution >= 0.6 is 0 Å². The lowest BCUT2D eigenvalue weighted by Gasteiger charge is -2.15. The van der Waals surface area contributed by atoms with E-state index in [1.54, 1.807) is 6.07 Å². The number of hydrogen-bond acceptors (Lipinski definition) is 2. The van der Waals surface area contributed by atoms with Gasteiger partial charge in [0.2, 0.25) is 5.89 Å². The molecule has 0 aliphatic carbocycles. The van der Waals surface area contributed by atoms with Crippen LogP contribution in [0.3, 0.4) is 0 Å². The molecule has 0 spiro atoms. The lowest BCUT2D eigenvalue weighted by molar-refractivity contribution is 0.602. The molecule has 3 nitrogen and oxygen atoms in total. The number of fused-ring (bicyclic) bond motifs is 4. The summed E-state index contributed by atoms with van der Waals surface area (Å²) in [6.07, 6.45) is 0. The summed E-state index contributed by atoms with van der Waals surface area (Å²) < 4.78 is 21.9. The molecule has 2 aromatic heterocycles. The van der Waals surface area contributed by atoms with Crippen molar-refractivity contribution in [2.45, 2.75) is 0 Å². The predicted molar refractivity (Wildman–Crippen MR) is 190 cm³/mol. The van der Waals surface area contributed by atoms with Gasteiger partial charge in [0.05, 0.1) is 11.0 Å². The van der Waals surface area contributed by atoms with Gasteiger partial charge < -0.3 is 8.98 Å². The van der Waals surface area contributed by atoms with E-state index in [0.29, 0.717) is 17.0 Å². The number of nitrogens with zero attached hydrogens (tertiary/aromatic N) is 2. The molecule has 0 atom stereocenters. The van der Waals surface area contributed by atoms with Crippen LogP contribution in [0.5, 0.6) is 0 Å². The molecule has 9 aromatic rings. The van der Waals surface area contributed by atoms with Crippen LogP contribution in [0.2, 0.25) is 0 Å². The first-order chi connectivity index (χ1) is 23.2. The smallest absolute Gasteiger partial charge is 0.227 e. The van der Waals surface area contributed by atoms with Crippen LogP contribution in [0.1, 0.15) is 0 Å². The van der Waals surface area contributed by atoms with E-state index in [4.69, 9.17) is 4.42 Å². The summed E-state index contributed by atoms with van der Waals surface area (Å²) in [7, 11) is 0. The normalized spacial score (nSPS) is 11.5. The molecule has 4 heteroatoms. The maximum absolute atomic E-state index is 13.7. The average Bonchev–Trinajstić information content (AvgIpc) is 3.71. The van der Waals surface area contributed by atoms with Crippen molar-refractivity contribution in [2.24, 2.45) is 0 Å². The zero-order chi connectivity index (χ0) is 31.3. The SMILES string of the molecule is Fc1ccc2nc(-c3ccc(-c4ccccc4-c4ccccc4-c4ccc(-n5c6ccccc6c6ccccc65)cc4)cc3)oc2c1. The Bertz CT molecular complexity index is 2520. The summed E-state index contributed by atoms with van der Waals surface area (Å²) in [5, 5.41) is 2.51. The van der Waals surface area contributed by atoms with Gasteiger partial charge in [0, 0.05) is 28.1 Å². The van der Waals surface area contributed by atoms with Gasteiger partial charge in [-0.05, 0) is 81.9 Å². The summed E-state index contributed by atoms with van der Waals surface area (Å²) in [6.45, 7) is 0. The van der Waals surface area contributed by atoms with Crippen LogP contribution in [0.25, 0.3) is 83.4 Å². The number of halogens is 1. The predicted octanol–water partition coefficient (Wildman–Crippen LogP) is 11.7. The van der Waals surface area contributed by atoms with Crippen molar-refractivity contribution < 1.29 is 8.81 Å². The van der Waals surface area contributed by atoms with Crippen molar-refractivity contribution in [1.29, 1.82) is 0 Å². The van der Waals surface area contributed by atoms with E-state index in [1.165, 1.54) is 39.5 Å². The fraction of sp³-hybridized carbons (Fsp3) is 0. The Balaban J connectivity index is 1.09. The molecule has 0 saturated carbocycles. The van der Waals surface area contributed by atoms with E-state index >= 15 is 0 Å². The lowest BCUT2D eigenvalue weighted by atomic mass is 9.89. The molecular formula is C43H27FN2O. The highest BCUT2D eigenvalue weighted by molar-refractivity contribution is 6.09. The zero-order valence-corrected chi connectivity index (χ0v) is 25.3. The van der Waals surface area contributed by atoms with Gasteiger partial charge in [0.15, 0.2) is 5.58 Å². The first-order valence-electron chi connectivity index (χ1n) is 15.7. The molecule has 0 aliphatic heterocycles. The average molecular weight is 607 g/mol. The van der Waals surface area contributed by atoms with Crippen LogP contribution in [0, 0.1) is 5.82 Å². The fourth-order valence-electron chi connectivity index (χ4n) is 6.74. The highest BCUT2D eigenvalue weighted by Crippen LogP contribution is 2.39. The van der Waals surface area contributed by atoms with Crippen LogP contribution in [0.15, 0.2) is 168 Å². The van der Waals surface area contributed by atoms with Gasteiger partial charge in [-0.25, -0.2) is 9.37 Å². The van der Waals surface area contributed by atoms with Gasteiger partial charge in [-0.1, -0.05) is 109 Å². The van der Waals surface area contributed by atoms with Crippen molar-refractivity contribution in [3.05, 3.63) is 170 Å². The summed E-state index contributed by atoms with van der Waals surface area (Å²) in [5.74, 6) is 0.131. The van der Waals surface area contributed by atoms with E-state index in [9.17, 15) is 4.39 Å². The quantitative estimate of drug-likeness (QED) is 0.195. The largest absolute Gasteiger partial charge is 0.436 e. The number of aromatic nitrogens is 2. The Morgan fingerprint density at radius 3 is 1.55 bits per heavy atom. The molecule has 0 bridgehead atoms. The Morgan fingerprint density at radius 2 is 0.957 bits per heavy atom. The van der Waals surface area contributed by atoms with Gasteiger partial charge in [-0.2, -0.15) is 0 Å². The molecule has 0 fully saturated rings. The van der Waals surface area contributed by atoms with Gasteiger partial charge in [0.25, 0.3) is 0 Å². The van der Waals surface area contributed by atoms with Crippen LogP contribution in [-0.4, -0.2) is 9.55 Å². The first-order valence-corrected chi connectivity index (χ1v) is 15.7. The Kier molecular flexibility index (Phi) is 6.32. The summed E-state index contributed by atoms with van der Waals surface area (Å²) >= 11 is 0. The maximum Gasteiger partial charge on any atom is 0.227 e. The Labute approximate surface area is 270 Å². The topological polar surface area (TPSA) is 31.0 Å². The minimum Gasteiger partial charge on any atom is -0.436 e. The number of oxazole rings is 1. The van der Waals surface area contributed by atoms with E-state index in [1.807, 2.05) is 12.1 Å². The molecule has 9 rings (SSSR count). The van der Waals surface area contributed by atoms with E-state index < -0.39 is 0 Å². The summed E-state index contributed by atoms with van der Waals surface area (Å²) in [6, 6.07) is 55.8. The molecule has 7 aromatic carbocycles. The van der Waals surface area contributed by atoms with Crippen LogP contribution in [-0.2, 0) is 0 Å². The van der Waals surface area contributed by atoms with E-state index in [2.05, 4.69) is 143 Å². The second-order valence-electron chi connectivity index (χ2n) is 11.7. The van der Waals surface area contributed by atoms with Crippen molar-refractivity contribution in [3.8, 4) is 50.5 Å². The lowest BCUT2D eigenvalue weighted by Crippen LogP contribution is -1.94. The van der Waals surface area contributed by atoms with Crippen molar-refractivity contribution >= 4 is 32.9 Å². The minimum atomic E-state index is -0.341. The number of benzene rings is 7. The summed E-state index contributed by atoms with van der Waals surface area (Å²) in [4.78, 5) is 4.55. The van der Waals surface area contributed by atoms with Crippen LogP contribution in [0.4, 0.5) is 4.39 Å². The second-order valence-corrected chi connectivity index (χ2v) is 11.7. The minimum absolute atomic E-state index is 0.341. The van der Waals surface area contributed by atoms with E-state index in [0.717, 1.165) is 39.1 Å². The molecule has 2 heterocycles. The molecule has 0 N–H and O–H groups in total. The second kappa shape index (κ2) is 11.0. The van der Waals surface area contributed by atoms with Crippen LogP contribution < -0.4 is 0 Å². The van der Waals surface area contributed by atoms with Gasteiger partial charge in [-0.3, -0.25) is 0 Å². The first kappa shape index (κ1) is 27.1. The molecular weight excluding hydrogens is 579 g/mol. The molecule has 0 radical (unpaired) electrons. The third-order valence-corrected chi connectivity index (χ3v) is 8.95. The monoisotopic (exact) mass is 606 g/mol. The molecule has 0 saturated heterocycles. The molecule has 0 unspecified atom stereocenters. The third-order valence-electron chi connectivity index (χ3n) is 8.95. The third kappa shape index (κ3) is 4.62. The van der Waals surface area contributed by atoms with Gasteiger partial charge in [-0.15, -0.1) is 0 Å². The fourth-order valence-corrected chi connectivity index (χ4v) is 6.74. The highest BCUT2D eigenvalue weighted by atomic mass is 19.1. The van der Waals surface area contributed by atoms with E-state index in [-0.39, 0.29) is 5.82 Å². The van der Waals surface area contributed by atoms with Crippen molar-refractivity contribution in [1.82, 2.24) is 9.55 Å². The number of hydrogen-bond donors (Lipinski definition) is 0. The molecule has 0 amide bonds. The molecule has 222 valence electrons. The molecule has 47 heavy (non-hydrogen) atoms. The molecule has 0 aliphatic rings. The van der Waals surface area contributed by atoms with Gasteiger partial charge >= 0.3 is 0 Å². The van der Waals surface area contributed by atoms with Gasteiger partial charge in [0.1, 0.15) is 11.3 Å². The van der Waals surface area contributed by atoms with Crippen molar-refractivity contribution in [2.75, 3.05) is 0 Å². The van der Waals surface area contributed by atoms with Crippen molar-refractivity contribution in [3.63, 3.8) is 0 Å². The number of para-hydroxylation sites is 2. The standard InChI is InChI=1S/C43H27FN2O/c44-31-23-26-39-42(27-31)47-43(45-39)30-19-17-28(18-20-30)33-9-1-3-11-35(33)36-12-4-2-10-34(36)29-21-24-32(25-22-29)46-40-15-7-5-13-37(40)38-14-6-8-16-41(38)46/h1-27H. The summed E-state index contributed by atoms with van der Waals surface area (Å²) in [5.41, 5.74) is 12.3. The Morgan fingerprint density at radius 1 is 0.468 bits per heavy atom. The maximum atomic E-state index is 13.7. The zero-order valence-electron chi connectivity index (χ0n) is 25.3. The highest BCUT2D eigenvalue weighted by Gasteiger charge is 2.15. The Hall–Kier alpha value is -6.26.